The van der Waals surface area contributed by atoms with Crippen molar-refractivity contribution in [3.8, 4) is 0 Å². The number of carbonyl (C=O) groups excluding carboxylic acids is 2. The van der Waals surface area contributed by atoms with E-state index in [1.165, 1.54) is 12.1 Å². The molecule has 0 bridgehead atoms. The van der Waals surface area contributed by atoms with Crippen LogP contribution in [0.15, 0.2) is 24.3 Å². The van der Waals surface area contributed by atoms with Crippen LogP contribution in [0.3, 0.4) is 0 Å². The average molecular weight is 314 g/mol. The summed E-state index contributed by atoms with van der Waals surface area (Å²) in [7, 11) is 1.08. The molecule has 22 heavy (non-hydrogen) atoms. The normalized spacial score (nSPS) is 13.0. The van der Waals surface area contributed by atoms with Crippen molar-refractivity contribution in [2.45, 2.75) is 19.1 Å². The van der Waals surface area contributed by atoms with Gasteiger partial charge in [0, 0.05) is 17.8 Å². The van der Waals surface area contributed by atoms with Gasteiger partial charge in [0.05, 0.1) is 18.4 Å². The van der Waals surface area contributed by atoms with Gasteiger partial charge in [0.15, 0.2) is 6.04 Å². The minimum atomic E-state index is -4.77. The summed E-state index contributed by atoms with van der Waals surface area (Å²) >= 11 is 0. The van der Waals surface area contributed by atoms with E-state index in [9.17, 15) is 22.8 Å². The predicted molar refractivity (Wildman–Crippen MR) is 72.3 cm³/mol. The summed E-state index contributed by atoms with van der Waals surface area (Å²) < 4.78 is 44.3. The first kappa shape index (κ1) is 15.9. The molecule has 0 saturated carbocycles. The lowest BCUT2D eigenvalue weighted by molar-refractivity contribution is -0.163. The highest BCUT2D eigenvalue weighted by Crippen LogP contribution is 2.37. The summed E-state index contributed by atoms with van der Waals surface area (Å²) in [5.74, 6) is -1.77. The van der Waals surface area contributed by atoms with E-state index in [-0.39, 0.29) is 5.56 Å². The summed E-state index contributed by atoms with van der Waals surface area (Å²) in [6, 6.07) is 3.92. The van der Waals surface area contributed by atoms with Gasteiger partial charge in [0.2, 0.25) is 5.91 Å². The fourth-order valence-electron chi connectivity index (χ4n) is 2.22. The largest absolute Gasteiger partial charge is 0.465 e. The van der Waals surface area contributed by atoms with Crippen LogP contribution in [-0.4, -0.2) is 30.1 Å². The molecule has 0 aliphatic carbocycles. The van der Waals surface area contributed by atoms with Crippen LogP contribution in [0.25, 0.3) is 10.9 Å². The summed E-state index contributed by atoms with van der Waals surface area (Å²) in [5.41, 5.74) is -0.345. The van der Waals surface area contributed by atoms with Gasteiger partial charge in [-0.05, 0) is 6.07 Å². The second-order valence-electron chi connectivity index (χ2n) is 4.63. The highest BCUT2D eigenvalue weighted by atomic mass is 19.4. The molecule has 2 aromatic rings. The number of para-hydroxylation sites is 1. The molecule has 0 aliphatic heterocycles. The summed E-state index contributed by atoms with van der Waals surface area (Å²) in [5, 5.41) is 2.11. The molecule has 0 aliphatic rings. The molecule has 1 aromatic carbocycles. The van der Waals surface area contributed by atoms with Gasteiger partial charge in [-0.15, -0.1) is 0 Å². The molecule has 2 N–H and O–H groups in total. The molecular weight excluding hydrogens is 301 g/mol. The number of methoxy groups -OCH3 is 1. The number of benzene rings is 1. The highest BCUT2D eigenvalue weighted by molar-refractivity contribution is 6.05. The van der Waals surface area contributed by atoms with Gasteiger partial charge in [-0.2, -0.15) is 13.2 Å². The van der Waals surface area contributed by atoms with Crippen LogP contribution in [0.5, 0.6) is 0 Å². The molecule has 1 aromatic heterocycles. The Labute approximate surface area is 123 Å². The second-order valence-corrected chi connectivity index (χ2v) is 4.63. The third-order valence-electron chi connectivity index (χ3n) is 3.09. The van der Waals surface area contributed by atoms with Gasteiger partial charge in [0.1, 0.15) is 0 Å². The Hall–Kier alpha value is -2.51. The van der Waals surface area contributed by atoms with Gasteiger partial charge >= 0.3 is 12.1 Å². The smallest absolute Gasteiger partial charge is 0.414 e. The lowest BCUT2D eigenvalue weighted by Crippen LogP contribution is -2.38. The maximum atomic E-state index is 13.3. The fourth-order valence-corrected chi connectivity index (χ4v) is 2.22. The van der Waals surface area contributed by atoms with Crippen LogP contribution < -0.4 is 5.32 Å². The molecule has 1 amide bonds. The molecule has 0 fully saturated rings. The number of ether oxygens (including phenoxy) is 1. The number of rotatable bonds is 3. The standard InChI is InChI=1S/C14H13F3N2O3/c1-7(20)18-12(14(15,16)17)11-10(13(21)22-2)8-5-3-4-6-9(8)19-11/h3-6,12,19H,1-2H3,(H,18,20). The molecule has 5 nitrogen and oxygen atoms in total. The number of amides is 1. The number of H-pyrrole nitrogens is 1. The van der Waals surface area contributed by atoms with Crippen molar-refractivity contribution in [2.75, 3.05) is 7.11 Å². The number of alkyl halides is 3. The number of halogens is 3. The van der Waals surface area contributed by atoms with E-state index in [0.29, 0.717) is 10.9 Å². The van der Waals surface area contributed by atoms with Gasteiger partial charge in [-0.3, -0.25) is 4.79 Å². The van der Waals surface area contributed by atoms with E-state index in [0.717, 1.165) is 14.0 Å². The summed E-state index contributed by atoms with van der Waals surface area (Å²) in [6.45, 7) is 0.971. The summed E-state index contributed by atoms with van der Waals surface area (Å²) in [4.78, 5) is 25.6. The maximum Gasteiger partial charge on any atom is 0.414 e. The molecule has 1 unspecified atom stereocenters. The first-order valence-corrected chi connectivity index (χ1v) is 6.28. The molecular formula is C14H13F3N2O3. The molecule has 2 rings (SSSR count). The second kappa shape index (κ2) is 5.70. The minimum Gasteiger partial charge on any atom is -0.465 e. The maximum absolute atomic E-state index is 13.3. The molecule has 8 heteroatoms. The molecule has 118 valence electrons. The third-order valence-corrected chi connectivity index (χ3v) is 3.09. The Kier molecular flexibility index (Phi) is 4.11. The number of aromatic nitrogens is 1. The van der Waals surface area contributed by atoms with E-state index in [2.05, 4.69) is 9.72 Å². The van der Waals surface area contributed by atoms with Crippen molar-refractivity contribution in [1.82, 2.24) is 10.3 Å². The van der Waals surface area contributed by atoms with E-state index in [1.807, 2.05) is 5.32 Å². The quantitative estimate of drug-likeness (QED) is 0.856. The van der Waals surface area contributed by atoms with Crippen LogP contribution in [0.1, 0.15) is 29.0 Å². The zero-order valence-corrected chi connectivity index (χ0v) is 11.7. The van der Waals surface area contributed by atoms with Crippen LogP contribution in [0.2, 0.25) is 0 Å². The van der Waals surface area contributed by atoms with Gasteiger partial charge in [0.25, 0.3) is 0 Å². The lowest BCUT2D eigenvalue weighted by Gasteiger charge is -2.21. The fraction of sp³-hybridized carbons (Fsp3) is 0.286. The Morgan fingerprint density at radius 1 is 1.27 bits per heavy atom. The van der Waals surface area contributed by atoms with E-state index in [1.54, 1.807) is 12.1 Å². The van der Waals surface area contributed by atoms with Gasteiger partial charge < -0.3 is 15.0 Å². The van der Waals surface area contributed by atoms with Crippen LogP contribution in [0, 0.1) is 0 Å². The summed E-state index contributed by atoms with van der Waals surface area (Å²) in [6.07, 6.45) is -4.77. The Balaban J connectivity index is 2.70. The number of hydrogen-bond donors (Lipinski definition) is 2. The Bertz CT molecular complexity index is 722. The van der Waals surface area contributed by atoms with E-state index < -0.39 is 29.8 Å². The highest BCUT2D eigenvalue weighted by Gasteiger charge is 2.44. The first-order chi connectivity index (χ1) is 10.3. The van der Waals surface area contributed by atoms with E-state index in [4.69, 9.17) is 0 Å². The zero-order chi connectivity index (χ0) is 16.5. The SMILES string of the molecule is COC(=O)c1c(C(NC(C)=O)C(F)(F)F)[nH]c2ccccc12. The molecule has 1 heterocycles. The van der Waals surface area contributed by atoms with Crippen molar-refractivity contribution in [3.05, 3.63) is 35.5 Å². The number of nitrogens with one attached hydrogen (secondary N) is 2. The average Bonchev–Trinajstić information content (AvgIpc) is 2.81. The van der Waals surface area contributed by atoms with Crippen LogP contribution >= 0.6 is 0 Å². The topological polar surface area (TPSA) is 71.2 Å². The molecule has 1 atom stereocenters. The monoisotopic (exact) mass is 314 g/mol. The third kappa shape index (κ3) is 2.90. The minimum absolute atomic E-state index is 0.242. The number of carbonyl (C=O) groups is 2. The van der Waals surface area contributed by atoms with Gasteiger partial charge in [-0.25, -0.2) is 4.79 Å². The van der Waals surface area contributed by atoms with Crippen molar-refractivity contribution >= 4 is 22.8 Å². The Morgan fingerprint density at radius 2 is 1.91 bits per heavy atom. The Morgan fingerprint density at radius 3 is 2.45 bits per heavy atom. The van der Waals surface area contributed by atoms with Crippen molar-refractivity contribution in [2.24, 2.45) is 0 Å². The molecule has 0 spiro atoms. The lowest BCUT2D eigenvalue weighted by atomic mass is 10.1. The van der Waals surface area contributed by atoms with E-state index >= 15 is 0 Å². The zero-order valence-electron chi connectivity index (χ0n) is 11.7. The predicted octanol–water partition coefficient (Wildman–Crippen LogP) is 2.69. The van der Waals surface area contributed by atoms with Crippen molar-refractivity contribution in [1.29, 1.82) is 0 Å². The number of fused-ring (bicyclic) bond motifs is 1. The van der Waals surface area contributed by atoms with Gasteiger partial charge in [-0.1, -0.05) is 18.2 Å². The van der Waals surface area contributed by atoms with Crippen LogP contribution in [-0.2, 0) is 9.53 Å². The number of esters is 1. The van der Waals surface area contributed by atoms with Crippen molar-refractivity contribution < 1.29 is 27.5 Å². The first-order valence-electron chi connectivity index (χ1n) is 6.28. The molecule has 0 radical (unpaired) electrons. The number of aromatic amines is 1. The van der Waals surface area contributed by atoms with Crippen LogP contribution in [0.4, 0.5) is 13.2 Å². The molecule has 0 saturated heterocycles. The number of hydrogen-bond acceptors (Lipinski definition) is 3. The van der Waals surface area contributed by atoms with Crippen molar-refractivity contribution in [3.63, 3.8) is 0 Å².